The first-order valence-corrected chi connectivity index (χ1v) is 11.5. The number of sulfonamides is 1. The molecule has 0 bridgehead atoms. The second kappa shape index (κ2) is 10.2. The van der Waals surface area contributed by atoms with Gasteiger partial charge in [0.15, 0.2) is 0 Å². The Kier molecular flexibility index (Phi) is 7.60. The van der Waals surface area contributed by atoms with Crippen molar-refractivity contribution in [3.8, 4) is 0 Å². The molecule has 0 spiro atoms. The molecule has 1 heterocycles. The highest BCUT2D eigenvalue weighted by molar-refractivity contribution is 7.89. The second-order valence-corrected chi connectivity index (χ2v) is 9.29. The Bertz CT molecular complexity index is 1080. The summed E-state index contributed by atoms with van der Waals surface area (Å²) in [6, 6.07) is 8.96. The minimum Gasteiger partial charge on any atom is -0.469 e. The predicted octanol–water partition coefficient (Wildman–Crippen LogP) is 2.19. The molecule has 32 heavy (non-hydrogen) atoms. The molecule has 1 fully saturated rings. The fourth-order valence-electron chi connectivity index (χ4n) is 3.38. The molecule has 1 N–H and O–H groups in total. The molecule has 1 aliphatic rings. The summed E-state index contributed by atoms with van der Waals surface area (Å²) < 4.78 is 50.5. The van der Waals surface area contributed by atoms with Gasteiger partial charge in [-0.3, -0.25) is 9.59 Å². The molecule has 0 aliphatic carbocycles. The number of carbonyl (C=O) groups is 2. The fourth-order valence-corrected chi connectivity index (χ4v) is 4.81. The summed E-state index contributed by atoms with van der Waals surface area (Å²) >= 11 is 0. The van der Waals surface area contributed by atoms with Crippen LogP contribution in [0.5, 0.6) is 0 Å². The Labute approximate surface area is 186 Å². The quantitative estimate of drug-likeness (QED) is 0.631. The van der Waals surface area contributed by atoms with E-state index in [4.69, 9.17) is 9.47 Å². The largest absolute Gasteiger partial charge is 0.469 e. The lowest BCUT2D eigenvalue weighted by Gasteiger charge is -2.26. The number of morpholine rings is 1. The maximum atomic E-state index is 13.3. The number of halogens is 1. The highest BCUT2D eigenvalue weighted by atomic mass is 32.2. The molecule has 0 radical (unpaired) electrons. The SMILES string of the molecule is COC(=O)CC(NC(=O)c1cc(S(=O)(=O)N2CCOCC2)ccc1C)c1ccc(F)cc1. The van der Waals surface area contributed by atoms with Crippen molar-refractivity contribution in [2.75, 3.05) is 33.4 Å². The van der Waals surface area contributed by atoms with Crippen LogP contribution in [0.4, 0.5) is 4.39 Å². The maximum Gasteiger partial charge on any atom is 0.307 e. The van der Waals surface area contributed by atoms with Crippen LogP contribution >= 0.6 is 0 Å². The minimum atomic E-state index is -3.79. The third-order valence-electron chi connectivity index (χ3n) is 5.24. The Balaban J connectivity index is 1.88. The minimum absolute atomic E-state index is 0.00134. The van der Waals surface area contributed by atoms with E-state index in [9.17, 15) is 22.4 Å². The fraction of sp³-hybridized carbons (Fsp3) is 0.364. The van der Waals surface area contributed by atoms with Gasteiger partial charge in [-0.15, -0.1) is 0 Å². The number of carbonyl (C=O) groups excluding carboxylic acids is 2. The van der Waals surface area contributed by atoms with Crippen molar-refractivity contribution >= 4 is 21.9 Å². The molecule has 8 nitrogen and oxygen atoms in total. The zero-order valence-electron chi connectivity index (χ0n) is 17.8. The number of amides is 1. The van der Waals surface area contributed by atoms with Crippen LogP contribution in [0, 0.1) is 12.7 Å². The number of aryl methyl sites for hydroxylation is 1. The first-order valence-electron chi connectivity index (χ1n) is 10.0. The summed E-state index contributed by atoms with van der Waals surface area (Å²) in [5, 5.41) is 2.74. The summed E-state index contributed by atoms with van der Waals surface area (Å²) in [6.45, 7) is 2.79. The molecule has 2 aromatic rings. The van der Waals surface area contributed by atoms with Crippen molar-refractivity contribution in [2.24, 2.45) is 0 Å². The molecule has 0 saturated carbocycles. The lowest BCUT2D eigenvalue weighted by atomic mass is 10.0. The summed E-state index contributed by atoms with van der Waals surface area (Å²) in [5.41, 5.74) is 1.25. The first kappa shape index (κ1) is 23.8. The van der Waals surface area contributed by atoms with Crippen LogP contribution in [0.2, 0.25) is 0 Å². The van der Waals surface area contributed by atoms with E-state index in [0.29, 0.717) is 24.3 Å². The molecular weight excluding hydrogens is 439 g/mol. The third-order valence-corrected chi connectivity index (χ3v) is 7.13. The summed E-state index contributed by atoms with van der Waals surface area (Å²) in [4.78, 5) is 24.9. The van der Waals surface area contributed by atoms with Gasteiger partial charge in [0, 0.05) is 18.7 Å². The van der Waals surface area contributed by atoms with Gasteiger partial charge in [0.05, 0.1) is 37.7 Å². The van der Waals surface area contributed by atoms with Crippen molar-refractivity contribution in [3.63, 3.8) is 0 Å². The molecule has 10 heteroatoms. The van der Waals surface area contributed by atoms with Crippen LogP contribution in [0.25, 0.3) is 0 Å². The Morgan fingerprint density at radius 1 is 1.16 bits per heavy atom. The normalized spacial score (nSPS) is 15.7. The number of ether oxygens (including phenoxy) is 2. The number of nitrogens with one attached hydrogen (secondary N) is 1. The Hall–Kier alpha value is -2.82. The number of rotatable bonds is 7. The molecule has 1 aliphatic heterocycles. The van der Waals surface area contributed by atoms with Gasteiger partial charge in [0.1, 0.15) is 5.82 Å². The van der Waals surface area contributed by atoms with Crippen LogP contribution in [0.15, 0.2) is 47.4 Å². The van der Waals surface area contributed by atoms with Gasteiger partial charge in [-0.05, 0) is 42.3 Å². The molecule has 1 amide bonds. The molecule has 3 rings (SSSR count). The van der Waals surface area contributed by atoms with Crippen LogP contribution in [-0.2, 0) is 24.3 Å². The van der Waals surface area contributed by atoms with Gasteiger partial charge in [0.2, 0.25) is 10.0 Å². The average molecular weight is 465 g/mol. The Morgan fingerprint density at radius 3 is 2.44 bits per heavy atom. The second-order valence-electron chi connectivity index (χ2n) is 7.35. The number of benzene rings is 2. The number of methoxy groups -OCH3 is 1. The van der Waals surface area contributed by atoms with Gasteiger partial charge in [0.25, 0.3) is 5.91 Å². The van der Waals surface area contributed by atoms with Gasteiger partial charge >= 0.3 is 5.97 Å². The van der Waals surface area contributed by atoms with Gasteiger partial charge in [-0.25, -0.2) is 12.8 Å². The van der Waals surface area contributed by atoms with Gasteiger partial charge in [-0.1, -0.05) is 18.2 Å². The number of hydrogen-bond donors (Lipinski definition) is 1. The highest BCUT2D eigenvalue weighted by Crippen LogP contribution is 2.23. The van der Waals surface area contributed by atoms with Gasteiger partial charge < -0.3 is 14.8 Å². The zero-order chi connectivity index (χ0) is 23.3. The summed E-state index contributed by atoms with van der Waals surface area (Å²) in [6.07, 6.45) is -0.168. The predicted molar refractivity (Wildman–Crippen MR) is 114 cm³/mol. The number of esters is 1. The van der Waals surface area contributed by atoms with E-state index in [2.05, 4.69) is 5.32 Å². The summed E-state index contributed by atoms with van der Waals surface area (Å²) in [7, 11) is -2.55. The van der Waals surface area contributed by atoms with E-state index in [-0.39, 0.29) is 30.0 Å². The van der Waals surface area contributed by atoms with Crippen LogP contribution in [0.1, 0.15) is 33.9 Å². The first-order chi connectivity index (χ1) is 15.2. The Morgan fingerprint density at radius 2 is 1.81 bits per heavy atom. The van der Waals surface area contributed by atoms with E-state index in [0.717, 1.165) is 0 Å². The maximum absolute atomic E-state index is 13.3. The summed E-state index contributed by atoms with van der Waals surface area (Å²) in [5.74, 6) is -1.56. The van der Waals surface area contributed by atoms with Crippen LogP contribution in [0.3, 0.4) is 0 Å². The molecule has 1 atom stereocenters. The average Bonchev–Trinajstić information content (AvgIpc) is 2.79. The molecule has 2 aromatic carbocycles. The number of hydrogen-bond acceptors (Lipinski definition) is 6. The zero-order valence-corrected chi connectivity index (χ0v) is 18.7. The molecular formula is C22H25FN2O6S. The van der Waals surface area contributed by atoms with Gasteiger partial charge in [-0.2, -0.15) is 4.31 Å². The van der Waals surface area contributed by atoms with Crippen molar-refractivity contribution in [3.05, 3.63) is 65.0 Å². The van der Waals surface area contributed by atoms with Crippen molar-refractivity contribution in [2.45, 2.75) is 24.3 Å². The third kappa shape index (κ3) is 5.50. The van der Waals surface area contributed by atoms with Crippen LogP contribution < -0.4 is 5.32 Å². The topological polar surface area (TPSA) is 102 Å². The molecule has 172 valence electrons. The molecule has 1 unspecified atom stereocenters. The highest BCUT2D eigenvalue weighted by Gasteiger charge is 2.28. The molecule has 1 saturated heterocycles. The van der Waals surface area contributed by atoms with Crippen molar-refractivity contribution in [1.82, 2.24) is 9.62 Å². The lowest BCUT2D eigenvalue weighted by Crippen LogP contribution is -2.40. The van der Waals surface area contributed by atoms with E-state index in [1.54, 1.807) is 13.0 Å². The van der Waals surface area contributed by atoms with E-state index >= 15 is 0 Å². The lowest BCUT2D eigenvalue weighted by molar-refractivity contribution is -0.141. The standard InChI is InChI=1S/C22H25FN2O6S/c1-15-3-8-18(32(28,29)25-9-11-31-12-10-25)13-19(15)22(27)24-20(14-21(26)30-2)16-4-6-17(23)7-5-16/h3-8,13,20H,9-12,14H2,1-2H3,(H,24,27). The number of nitrogens with zero attached hydrogens (tertiary/aromatic N) is 1. The monoisotopic (exact) mass is 464 g/mol. The molecule has 0 aromatic heterocycles. The van der Waals surface area contributed by atoms with Crippen molar-refractivity contribution in [1.29, 1.82) is 0 Å². The van der Waals surface area contributed by atoms with E-state index < -0.39 is 33.8 Å². The van der Waals surface area contributed by atoms with E-state index in [1.807, 2.05) is 0 Å². The van der Waals surface area contributed by atoms with Crippen molar-refractivity contribution < 1.29 is 31.9 Å². The van der Waals surface area contributed by atoms with E-state index in [1.165, 1.54) is 47.8 Å². The smallest absolute Gasteiger partial charge is 0.307 e. The van der Waals surface area contributed by atoms with Crippen LogP contribution in [-0.4, -0.2) is 58.0 Å².